The Labute approximate surface area is 97.7 Å². The fraction of sp³-hybridized carbons (Fsp3) is 1.00. The Hall–Kier alpha value is 0.250. The second-order valence-corrected chi connectivity index (χ2v) is 7.21. The maximum Gasteiger partial charge on any atom is 0.0483 e. The molecule has 4 bridgehead atoms. The van der Waals surface area contributed by atoms with Crippen LogP contribution in [0, 0.1) is 23.7 Å². The van der Waals surface area contributed by atoms with E-state index < -0.39 is 0 Å². The van der Waals surface area contributed by atoms with Crippen molar-refractivity contribution in [3.63, 3.8) is 0 Å². The van der Waals surface area contributed by atoms with E-state index in [2.05, 4.69) is 6.92 Å². The molecular formula is C13H22ClN. The third-order valence-corrected chi connectivity index (χ3v) is 5.64. The molecule has 4 aliphatic carbocycles. The van der Waals surface area contributed by atoms with Crippen LogP contribution in [0.25, 0.3) is 0 Å². The summed E-state index contributed by atoms with van der Waals surface area (Å²) in [5.74, 6) is 3.51. The van der Waals surface area contributed by atoms with Gasteiger partial charge >= 0.3 is 0 Å². The fourth-order valence-corrected chi connectivity index (χ4v) is 5.55. The fourth-order valence-electron chi connectivity index (χ4n) is 4.85. The van der Waals surface area contributed by atoms with E-state index in [1.54, 1.807) is 0 Å². The van der Waals surface area contributed by atoms with Gasteiger partial charge in [0, 0.05) is 10.9 Å². The lowest BCUT2D eigenvalue weighted by Gasteiger charge is -2.59. The molecule has 4 saturated carbocycles. The predicted molar refractivity (Wildman–Crippen MR) is 63.9 cm³/mol. The maximum atomic E-state index is 6.89. The van der Waals surface area contributed by atoms with Gasteiger partial charge < -0.3 is 5.73 Å². The van der Waals surface area contributed by atoms with Gasteiger partial charge in [-0.15, -0.1) is 11.6 Å². The van der Waals surface area contributed by atoms with Crippen LogP contribution in [0.2, 0.25) is 0 Å². The summed E-state index contributed by atoms with van der Waals surface area (Å²) in [5, 5.41) is 0. The molecular weight excluding hydrogens is 206 g/mol. The molecule has 4 unspecified atom stereocenters. The van der Waals surface area contributed by atoms with Crippen LogP contribution in [0.3, 0.4) is 0 Å². The van der Waals surface area contributed by atoms with E-state index in [1.807, 2.05) is 0 Å². The highest BCUT2D eigenvalue weighted by Crippen LogP contribution is 2.62. The average molecular weight is 228 g/mol. The van der Waals surface area contributed by atoms with E-state index in [4.69, 9.17) is 17.3 Å². The second kappa shape index (κ2) is 3.37. The summed E-state index contributed by atoms with van der Waals surface area (Å²) >= 11 is 6.89. The highest BCUT2D eigenvalue weighted by molar-refractivity contribution is 6.24. The van der Waals surface area contributed by atoms with E-state index in [-0.39, 0.29) is 4.87 Å². The first-order valence-electron chi connectivity index (χ1n) is 6.51. The Balaban J connectivity index is 1.83. The maximum absolute atomic E-state index is 6.89. The molecule has 2 N–H and O–H groups in total. The SMILES string of the molecule is CC(N)CC1C2CC3CC(C2)CC1(Cl)C3. The normalized spacial score (nSPS) is 54.6. The van der Waals surface area contributed by atoms with E-state index >= 15 is 0 Å². The van der Waals surface area contributed by atoms with Crippen LogP contribution >= 0.6 is 11.6 Å². The summed E-state index contributed by atoms with van der Waals surface area (Å²) in [6.45, 7) is 2.13. The van der Waals surface area contributed by atoms with Gasteiger partial charge in [0.2, 0.25) is 0 Å². The first-order valence-corrected chi connectivity index (χ1v) is 6.89. The molecule has 86 valence electrons. The largest absolute Gasteiger partial charge is 0.328 e. The lowest BCUT2D eigenvalue weighted by atomic mass is 9.50. The molecule has 4 rings (SSSR count). The predicted octanol–water partition coefficient (Wildman–Crippen LogP) is 3.16. The molecule has 0 aromatic heterocycles. The lowest BCUT2D eigenvalue weighted by Crippen LogP contribution is -2.55. The zero-order valence-corrected chi connectivity index (χ0v) is 10.3. The summed E-state index contributed by atoms with van der Waals surface area (Å²) in [7, 11) is 0. The van der Waals surface area contributed by atoms with Crippen molar-refractivity contribution in [2.75, 3.05) is 0 Å². The number of hydrogen-bond acceptors (Lipinski definition) is 1. The first kappa shape index (κ1) is 10.4. The molecule has 0 heterocycles. The van der Waals surface area contributed by atoms with Crippen LogP contribution in [0.4, 0.5) is 0 Å². The molecule has 1 nitrogen and oxygen atoms in total. The van der Waals surface area contributed by atoms with Gasteiger partial charge in [-0.25, -0.2) is 0 Å². The topological polar surface area (TPSA) is 26.0 Å². The van der Waals surface area contributed by atoms with Gasteiger partial charge in [-0.2, -0.15) is 0 Å². The molecule has 4 fully saturated rings. The second-order valence-electron chi connectivity index (χ2n) is 6.46. The summed E-state index contributed by atoms with van der Waals surface area (Å²) < 4.78 is 0. The van der Waals surface area contributed by atoms with Crippen molar-refractivity contribution < 1.29 is 0 Å². The molecule has 4 aliphatic rings. The van der Waals surface area contributed by atoms with Crippen LogP contribution in [0.1, 0.15) is 45.4 Å². The first-order chi connectivity index (χ1) is 7.07. The third kappa shape index (κ3) is 1.63. The van der Waals surface area contributed by atoms with Crippen molar-refractivity contribution in [1.29, 1.82) is 0 Å². The Morgan fingerprint density at radius 3 is 2.33 bits per heavy atom. The summed E-state index contributed by atoms with van der Waals surface area (Å²) in [6.07, 6.45) is 8.06. The van der Waals surface area contributed by atoms with Gasteiger partial charge in [0.1, 0.15) is 0 Å². The minimum absolute atomic E-state index is 0.141. The van der Waals surface area contributed by atoms with E-state index in [1.165, 1.54) is 32.1 Å². The summed E-state index contributed by atoms with van der Waals surface area (Å²) in [4.78, 5) is 0.141. The van der Waals surface area contributed by atoms with Crippen LogP contribution in [0.5, 0.6) is 0 Å². The average Bonchev–Trinajstić information content (AvgIpc) is 2.09. The monoisotopic (exact) mass is 227 g/mol. The van der Waals surface area contributed by atoms with Gasteiger partial charge in [-0.05, 0) is 69.1 Å². The van der Waals surface area contributed by atoms with Crippen molar-refractivity contribution in [1.82, 2.24) is 0 Å². The Kier molecular flexibility index (Phi) is 2.34. The zero-order valence-electron chi connectivity index (χ0n) is 9.58. The third-order valence-electron chi connectivity index (χ3n) is 5.05. The number of alkyl halides is 1. The molecule has 0 spiro atoms. The highest BCUT2D eigenvalue weighted by Gasteiger charge is 2.55. The molecule has 0 aromatic rings. The molecule has 15 heavy (non-hydrogen) atoms. The van der Waals surface area contributed by atoms with E-state index in [9.17, 15) is 0 Å². The Morgan fingerprint density at radius 2 is 1.87 bits per heavy atom. The van der Waals surface area contributed by atoms with Crippen molar-refractivity contribution in [3.8, 4) is 0 Å². The summed E-state index contributed by atoms with van der Waals surface area (Å²) in [6, 6.07) is 0.322. The molecule has 0 amide bonds. The Bertz CT molecular complexity index is 249. The number of halogens is 1. The van der Waals surface area contributed by atoms with Gasteiger partial charge in [0.05, 0.1) is 0 Å². The zero-order chi connectivity index (χ0) is 10.6. The van der Waals surface area contributed by atoms with Crippen molar-refractivity contribution in [2.24, 2.45) is 29.4 Å². The van der Waals surface area contributed by atoms with Crippen LogP contribution < -0.4 is 5.73 Å². The molecule has 0 aliphatic heterocycles. The lowest BCUT2D eigenvalue weighted by molar-refractivity contribution is -0.0251. The van der Waals surface area contributed by atoms with Crippen LogP contribution in [-0.4, -0.2) is 10.9 Å². The standard InChI is InChI=1S/C13H22ClN/c1-8(15)2-12-11-4-9-3-10(5-11)7-13(12,14)6-9/h8-12H,2-7,15H2,1H3. The van der Waals surface area contributed by atoms with Gasteiger partial charge in [0.15, 0.2) is 0 Å². The smallest absolute Gasteiger partial charge is 0.0483 e. The van der Waals surface area contributed by atoms with Crippen LogP contribution in [0.15, 0.2) is 0 Å². The Morgan fingerprint density at radius 1 is 1.27 bits per heavy atom. The van der Waals surface area contributed by atoms with Crippen molar-refractivity contribution >= 4 is 11.6 Å². The van der Waals surface area contributed by atoms with Crippen molar-refractivity contribution in [3.05, 3.63) is 0 Å². The number of nitrogens with two attached hydrogens (primary N) is 1. The van der Waals surface area contributed by atoms with Gasteiger partial charge in [-0.1, -0.05) is 0 Å². The quantitative estimate of drug-likeness (QED) is 0.721. The number of hydrogen-bond donors (Lipinski definition) is 1. The van der Waals surface area contributed by atoms with E-state index in [0.29, 0.717) is 12.0 Å². The summed E-state index contributed by atoms with van der Waals surface area (Å²) in [5.41, 5.74) is 5.97. The van der Waals surface area contributed by atoms with E-state index in [0.717, 1.165) is 24.2 Å². The molecule has 4 atom stereocenters. The highest BCUT2D eigenvalue weighted by atomic mass is 35.5. The molecule has 0 saturated heterocycles. The van der Waals surface area contributed by atoms with Gasteiger partial charge in [0.25, 0.3) is 0 Å². The minimum atomic E-state index is 0.141. The van der Waals surface area contributed by atoms with Gasteiger partial charge in [-0.3, -0.25) is 0 Å². The minimum Gasteiger partial charge on any atom is -0.328 e. The molecule has 0 radical (unpaired) electrons. The molecule has 2 heteroatoms. The van der Waals surface area contributed by atoms with Crippen molar-refractivity contribution in [2.45, 2.75) is 56.4 Å². The molecule has 0 aromatic carbocycles. The number of rotatable bonds is 2. The van der Waals surface area contributed by atoms with Crippen LogP contribution in [-0.2, 0) is 0 Å².